The average molecular weight is 506 g/mol. The second-order valence-corrected chi connectivity index (χ2v) is 12.7. The van der Waals surface area contributed by atoms with Crippen LogP contribution in [-0.2, 0) is 24.6 Å². The summed E-state index contributed by atoms with van der Waals surface area (Å²) in [5, 5.41) is 0.335. The molecule has 0 amide bonds. The summed E-state index contributed by atoms with van der Waals surface area (Å²) in [6.07, 6.45) is 1.96. The molecule has 0 radical (unpaired) electrons. The van der Waals surface area contributed by atoms with E-state index in [1.165, 1.54) is 24.3 Å². The molecule has 3 atom stereocenters. The highest BCUT2D eigenvalue weighted by atomic mass is 35.5. The number of hydrogen-bond acceptors (Lipinski definition) is 5. The van der Waals surface area contributed by atoms with E-state index in [0.717, 1.165) is 18.4 Å². The molecule has 1 aliphatic carbocycles. The highest BCUT2D eigenvalue weighted by Crippen LogP contribution is 2.58. The Balaban J connectivity index is 1.95. The number of halogens is 3. The number of fused-ring (bicyclic) bond motifs is 3. The molecule has 0 spiro atoms. The molecule has 6 nitrogen and oxygen atoms in total. The molecule has 2 aliphatic rings. The fourth-order valence-electron chi connectivity index (χ4n) is 5.01. The van der Waals surface area contributed by atoms with Gasteiger partial charge < -0.3 is 4.74 Å². The summed E-state index contributed by atoms with van der Waals surface area (Å²) in [6, 6.07) is 7.34. The summed E-state index contributed by atoms with van der Waals surface area (Å²) in [5.74, 6) is -3.39. The standard InChI is InChI=1S/C21H22ClF2NO5S2/c1-31(26,27)25-11-13-3-2-10-21(32(28,29)15-6-4-14(22)5-7-15)16(13)12-30-20-18(24)9-8-17(23)19(20)21/h4-9,13,16,25H,2-3,10-12H2,1H3. The van der Waals surface area contributed by atoms with E-state index in [4.69, 9.17) is 16.3 Å². The van der Waals surface area contributed by atoms with Crippen LogP contribution in [0.25, 0.3) is 0 Å². The van der Waals surface area contributed by atoms with E-state index in [-0.39, 0.29) is 30.0 Å². The zero-order valence-corrected chi connectivity index (χ0v) is 19.5. The van der Waals surface area contributed by atoms with Gasteiger partial charge in [0.05, 0.1) is 23.3 Å². The van der Waals surface area contributed by atoms with Gasteiger partial charge in [-0.2, -0.15) is 0 Å². The van der Waals surface area contributed by atoms with Crippen molar-refractivity contribution in [2.75, 3.05) is 19.4 Å². The van der Waals surface area contributed by atoms with Crippen LogP contribution in [0.4, 0.5) is 8.78 Å². The largest absolute Gasteiger partial charge is 0.490 e. The van der Waals surface area contributed by atoms with Crippen LogP contribution in [0.3, 0.4) is 0 Å². The van der Waals surface area contributed by atoms with Gasteiger partial charge in [-0.1, -0.05) is 18.0 Å². The van der Waals surface area contributed by atoms with Gasteiger partial charge in [0.15, 0.2) is 21.4 Å². The third kappa shape index (κ3) is 3.81. The van der Waals surface area contributed by atoms with Crippen LogP contribution in [0, 0.1) is 23.5 Å². The third-order valence-electron chi connectivity index (χ3n) is 6.39. The zero-order valence-electron chi connectivity index (χ0n) is 17.1. The SMILES string of the molecule is CS(=O)(=O)NCC1CCCC2(S(=O)(=O)c3ccc(Cl)cc3)c3c(F)ccc(F)c3OCC12. The lowest BCUT2D eigenvalue weighted by Gasteiger charge is -2.50. The lowest BCUT2D eigenvalue weighted by molar-refractivity contribution is 0.0771. The maximum atomic E-state index is 15.2. The second kappa shape index (κ2) is 8.23. The summed E-state index contributed by atoms with van der Waals surface area (Å²) in [7, 11) is -7.80. The minimum absolute atomic E-state index is 0.0307. The predicted octanol–water partition coefficient (Wildman–Crippen LogP) is 3.65. The smallest absolute Gasteiger partial charge is 0.208 e. The van der Waals surface area contributed by atoms with Crippen LogP contribution in [0.15, 0.2) is 41.3 Å². The van der Waals surface area contributed by atoms with Gasteiger partial charge in [-0.15, -0.1) is 0 Å². The van der Waals surface area contributed by atoms with Gasteiger partial charge in [0.2, 0.25) is 10.0 Å². The minimum Gasteiger partial charge on any atom is -0.490 e. The van der Waals surface area contributed by atoms with E-state index in [1.807, 2.05) is 0 Å². The molecule has 11 heteroatoms. The van der Waals surface area contributed by atoms with Crippen molar-refractivity contribution in [3.63, 3.8) is 0 Å². The van der Waals surface area contributed by atoms with Gasteiger partial charge >= 0.3 is 0 Å². The Morgan fingerprint density at radius 3 is 2.41 bits per heavy atom. The van der Waals surface area contributed by atoms with Gasteiger partial charge in [0.25, 0.3) is 0 Å². The van der Waals surface area contributed by atoms with Crippen molar-refractivity contribution in [2.24, 2.45) is 11.8 Å². The van der Waals surface area contributed by atoms with Crippen LogP contribution in [0.2, 0.25) is 5.02 Å². The third-order valence-corrected chi connectivity index (χ3v) is 9.90. The molecule has 3 unspecified atom stereocenters. The number of hydrogen-bond donors (Lipinski definition) is 1. The molecule has 0 aromatic heterocycles. The zero-order chi connectivity index (χ0) is 23.3. The molecule has 1 saturated carbocycles. The van der Waals surface area contributed by atoms with Crippen molar-refractivity contribution < 1.29 is 30.4 Å². The monoisotopic (exact) mass is 505 g/mol. The Kier molecular flexibility index (Phi) is 6.02. The number of nitrogens with one attached hydrogen (secondary N) is 1. The van der Waals surface area contributed by atoms with Crippen LogP contribution in [0.5, 0.6) is 5.75 Å². The molecule has 2 aromatic rings. The first-order valence-electron chi connectivity index (χ1n) is 10.0. The normalized spacial score (nSPS) is 25.5. The van der Waals surface area contributed by atoms with E-state index in [1.54, 1.807) is 0 Å². The molecule has 1 fully saturated rings. The second-order valence-electron chi connectivity index (χ2n) is 8.27. The van der Waals surface area contributed by atoms with E-state index in [9.17, 15) is 21.2 Å². The maximum Gasteiger partial charge on any atom is 0.208 e. The van der Waals surface area contributed by atoms with E-state index >= 15 is 4.39 Å². The Morgan fingerprint density at radius 2 is 1.75 bits per heavy atom. The summed E-state index contributed by atoms with van der Waals surface area (Å²) in [4.78, 5) is -0.0693. The molecule has 0 saturated heterocycles. The van der Waals surface area contributed by atoms with Crippen molar-refractivity contribution in [3.05, 3.63) is 58.6 Å². The van der Waals surface area contributed by atoms with Crippen molar-refractivity contribution in [3.8, 4) is 5.75 Å². The highest BCUT2D eigenvalue weighted by molar-refractivity contribution is 7.92. The number of benzene rings is 2. The van der Waals surface area contributed by atoms with Gasteiger partial charge in [-0.25, -0.2) is 30.3 Å². The van der Waals surface area contributed by atoms with E-state index < -0.39 is 53.8 Å². The number of sulfonamides is 1. The van der Waals surface area contributed by atoms with Gasteiger partial charge in [-0.3, -0.25) is 0 Å². The molecule has 1 N–H and O–H groups in total. The summed E-state index contributed by atoms with van der Waals surface area (Å²) in [6.45, 7) is -0.215. The van der Waals surface area contributed by atoms with Crippen molar-refractivity contribution in [1.29, 1.82) is 0 Å². The molecule has 2 aromatic carbocycles. The molecule has 1 heterocycles. The average Bonchev–Trinajstić information content (AvgIpc) is 2.73. The summed E-state index contributed by atoms with van der Waals surface area (Å²) >= 11 is 5.93. The number of rotatable bonds is 5. The van der Waals surface area contributed by atoms with Gasteiger partial charge in [0, 0.05) is 17.5 Å². The fourth-order valence-corrected chi connectivity index (χ4v) is 8.10. The molecular formula is C21H22ClF2NO5S2. The van der Waals surface area contributed by atoms with Crippen LogP contribution < -0.4 is 9.46 Å². The predicted molar refractivity (Wildman–Crippen MR) is 116 cm³/mol. The van der Waals surface area contributed by atoms with Crippen LogP contribution in [-0.4, -0.2) is 36.2 Å². The fraction of sp³-hybridized carbons (Fsp3) is 0.429. The molecule has 174 valence electrons. The van der Waals surface area contributed by atoms with E-state index in [2.05, 4.69) is 4.72 Å². The Bertz CT molecular complexity index is 1250. The Labute approximate surface area is 190 Å². The van der Waals surface area contributed by atoms with Crippen LogP contribution >= 0.6 is 11.6 Å². The van der Waals surface area contributed by atoms with Crippen molar-refractivity contribution >= 4 is 31.5 Å². The lowest BCUT2D eigenvalue weighted by Crippen LogP contribution is -2.55. The Hall–Kier alpha value is -1.75. The van der Waals surface area contributed by atoms with Crippen LogP contribution in [0.1, 0.15) is 24.8 Å². The Morgan fingerprint density at radius 1 is 1.09 bits per heavy atom. The summed E-state index contributed by atoms with van der Waals surface area (Å²) < 4.78 is 87.6. The first kappa shape index (κ1) is 23.4. The molecular weight excluding hydrogens is 484 g/mol. The minimum atomic E-state index is -4.26. The molecule has 1 aliphatic heterocycles. The quantitative estimate of drug-likeness (QED) is 0.670. The molecule has 32 heavy (non-hydrogen) atoms. The van der Waals surface area contributed by atoms with Gasteiger partial charge in [0.1, 0.15) is 10.6 Å². The highest BCUT2D eigenvalue weighted by Gasteiger charge is 2.60. The molecule has 4 rings (SSSR count). The molecule has 0 bridgehead atoms. The number of sulfone groups is 1. The van der Waals surface area contributed by atoms with Gasteiger partial charge in [-0.05, 0) is 55.2 Å². The van der Waals surface area contributed by atoms with E-state index in [0.29, 0.717) is 17.9 Å². The lowest BCUT2D eigenvalue weighted by atomic mass is 9.67. The topological polar surface area (TPSA) is 89.5 Å². The van der Waals surface area contributed by atoms with Crippen molar-refractivity contribution in [1.82, 2.24) is 4.72 Å². The van der Waals surface area contributed by atoms with Crippen molar-refractivity contribution in [2.45, 2.75) is 28.9 Å². The maximum absolute atomic E-state index is 15.2. The summed E-state index contributed by atoms with van der Waals surface area (Å²) in [5.41, 5.74) is -0.326. The first-order valence-corrected chi connectivity index (χ1v) is 13.8. The number of ether oxygens (including phenoxy) is 1. The first-order chi connectivity index (χ1) is 15.0.